The van der Waals surface area contributed by atoms with E-state index in [9.17, 15) is 9.36 Å². The second-order valence-electron chi connectivity index (χ2n) is 6.43. The van der Waals surface area contributed by atoms with Crippen LogP contribution in [0.25, 0.3) is 0 Å². The highest BCUT2D eigenvalue weighted by molar-refractivity contribution is 7.58. The highest BCUT2D eigenvalue weighted by atomic mass is 31.2. The van der Waals surface area contributed by atoms with Crippen molar-refractivity contribution in [1.29, 1.82) is 0 Å². The minimum Gasteiger partial charge on any atom is -0.450 e. The van der Waals surface area contributed by atoms with Crippen LogP contribution < -0.4 is 5.32 Å². The van der Waals surface area contributed by atoms with Crippen molar-refractivity contribution in [2.24, 2.45) is 0 Å². The van der Waals surface area contributed by atoms with E-state index in [1.54, 1.807) is 0 Å². The molecular weight excluding hydrogens is 313 g/mol. The first kappa shape index (κ1) is 20.5. The Morgan fingerprint density at radius 3 is 2.52 bits per heavy atom. The molecule has 3 atom stereocenters. The topological polar surface area (TPSA) is 64.6 Å². The molecule has 0 heterocycles. The molecule has 0 aromatic rings. The number of hydrogen-bond acceptors (Lipinski definition) is 4. The maximum atomic E-state index is 12.8. The van der Waals surface area contributed by atoms with Gasteiger partial charge in [-0.3, -0.25) is 4.57 Å². The Bertz CT molecular complexity index is 389. The Hall–Kier alpha value is -0.540. The normalized spacial score (nSPS) is 23.4. The molecule has 5 nitrogen and oxygen atoms in total. The molecule has 1 saturated carbocycles. The van der Waals surface area contributed by atoms with E-state index < -0.39 is 7.37 Å². The predicted octanol–water partition coefficient (Wildman–Crippen LogP) is 4.94. The van der Waals surface area contributed by atoms with Gasteiger partial charge in [-0.15, -0.1) is 0 Å². The first-order valence-corrected chi connectivity index (χ1v) is 11.2. The summed E-state index contributed by atoms with van der Waals surface area (Å²) in [6, 6.07) is 0.0788. The number of carbonyl (C=O) groups is 1. The maximum absolute atomic E-state index is 12.8. The Labute approximate surface area is 141 Å². The van der Waals surface area contributed by atoms with Gasteiger partial charge in [0.1, 0.15) is 0 Å². The first-order valence-electron chi connectivity index (χ1n) is 9.22. The summed E-state index contributed by atoms with van der Waals surface area (Å²) in [7, 11) is -2.51. The molecule has 0 aromatic heterocycles. The summed E-state index contributed by atoms with van der Waals surface area (Å²) >= 11 is 0. The lowest BCUT2D eigenvalue weighted by Gasteiger charge is -2.21. The molecule has 0 spiro atoms. The van der Waals surface area contributed by atoms with Crippen molar-refractivity contribution in [2.75, 3.05) is 18.9 Å². The van der Waals surface area contributed by atoms with Gasteiger partial charge in [-0.2, -0.15) is 0 Å². The van der Waals surface area contributed by atoms with Crippen LogP contribution in [0.1, 0.15) is 72.1 Å². The Morgan fingerprint density at radius 1 is 1.13 bits per heavy atom. The smallest absolute Gasteiger partial charge is 0.407 e. The van der Waals surface area contributed by atoms with Crippen LogP contribution in [0.5, 0.6) is 0 Å². The third-order valence-electron chi connectivity index (χ3n) is 4.36. The fraction of sp³-hybridized carbons (Fsp3) is 0.941. The minimum absolute atomic E-state index is 0.00310. The van der Waals surface area contributed by atoms with Crippen molar-refractivity contribution >= 4 is 13.5 Å². The molecule has 0 radical (unpaired) electrons. The lowest BCUT2D eigenvalue weighted by atomic mass is 10.2. The quantitative estimate of drug-likeness (QED) is 0.425. The van der Waals surface area contributed by atoms with Gasteiger partial charge in [-0.1, -0.05) is 40.0 Å². The molecule has 0 bridgehead atoms. The molecule has 0 aliphatic heterocycles. The average molecular weight is 347 g/mol. The summed E-state index contributed by atoms with van der Waals surface area (Å²) in [5, 5.41) is 2.89. The molecule has 0 saturated heterocycles. The summed E-state index contributed by atoms with van der Waals surface area (Å²) < 4.78 is 23.9. The third-order valence-corrected chi connectivity index (χ3v) is 7.01. The minimum atomic E-state index is -2.51. The molecular formula is C17H34NO4P. The number of nitrogens with one attached hydrogen (secondary N) is 1. The Balaban J connectivity index is 2.32. The number of ether oxygens (including phenoxy) is 1. The number of carbonyl (C=O) groups excluding carboxylic acids is 1. The van der Waals surface area contributed by atoms with Crippen molar-refractivity contribution in [3.05, 3.63) is 0 Å². The molecule has 6 heteroatoms. The number of unbranched alkanes of at least 4 members (excludes halogenated alkanes) is 3. The standard InChI is InChI=1S/C17H34NO4P/c1-4-7-9-13-23(20,6-3)22-16-11-10-15(14-16)18-17(19)21-12-8-5-2/h15-16H,4-14H2,1-3H3,(H,18,19). The fourth-order valence-electron chi connectivity index (χ4n) is 2.84. The molecule has 136 valence electrons. The van der Waals surface area contributed by atoms with E-state index in [-0.39, 0.29) is 18.2 Å². The highest BCUT2D eigenvalue weighted by Crippen LogP contribution is 2.50. The monoisotopic (exact) mass is 347 g/mol. The summed E-state index contributed by atoms with van der Waals surface area (Å²) in [5.74, 6) is 0. The van der Waals surface area contributed by atoms with Gasteiger partial charge in [0, 0.05) is 18.4 Å². The lowest BCUT2D eigenvalue weighted by molar-refractivity contribution is 0.139. The largest absolute Gasteiger partial charge is 0.450 e. The zero-order valence-corrected chi connectivity index (χ0v) is 15.9. The van der Waals surface area contributed by atoms with Gasteiger partial charge < -0.3 is 14.6 Å². The van der Waals surface area contributed by atoms with Crippen LogP contribution >= 0.6 is 7.37 Å². The van der Waals surface area contributed by atoms with Gasteiger partial charge in [0.05, 0.1) is 12.7 Å². The van der Waals surface area contributed by atoms with Gasteiger partial charge in [0.15, 0.2) is 0 Å². The second-order valence-corrected chi connectivity index (χ2v) is 9.35. The number of amides is 1. The van der Waals surface area contributed by atoms with Gasteiger partial charge >= 0.3 is 6.09 Å². The summed E-state index contributed by atoms with van der Waals surface area (Å²) in [6.45, 7) is 6.62. The van der Waals surface area contributed by atoms with E-state index in [1.807, 2.05) is 6.92 Å². The van der Waals surface area contributed by atoms with Crippen molar-refractivity contribution in [2.45, 2.75) is 84.3 Å². The highest BCUT2D eigenvalue weighted by Gasteiger charge is 2.32. The molecule has 1 fully saturated rings. The van der Waals surface area contributed by atoms with Crippen LogP contribution in [0.3, 0.4) is 0 Å². The summed E-state index contributed by atoms with van der Waals surface area (Å²) in [4.78, 5) is 11.7. The molecule has 1 N–H and O–H groups in total. The van der Waals surface area contributed by atoms with E-state index in [1.165, 1.54) is 0 Å². The first-order chi connectivity index (χ1) is 11.0. The number of rotatable bonds is 11. The lowest BCUT2D eigenvalue weighted by Crippen LogP contribution is -2.34. The van der Waals surface area contributed by atoms with Crippen LogP contribution in [0.2, 0.25) is 0 Å². The van der Waals surface area contributed by atoms with Crippen molar-refractivity contribution in [3.63, 3.8) is 0 Å². The van der Waals surface area contributed by atoms with E-state index in [2.05, 4.69) is 19.2 Å². The van der Waals surface area contributed by atoms with E-state index >= 15 is 0 Å². The maximum Gasteiger partial charge on any atom is 0.407 e. The van der Waals surface area contributed by atoms with Gasteiger partial charge in [0.25, 0.3) is 0 Å². The SMILES string of the molecule is CCCCCP(=O)(CC)OC1CCC(NC(=O)OCCCC)C1. The van der Waals surface area contributed by atoms with Crippen LogP contribution in [-0.4, -0.2) is 37.2 Å². The van der Waals surface area contributed by atoms with Crippen LogP contribution in [0, 0.1) is 0 Å². The molecule has 1 amide bonds. The molecule has 0 aromatic carbocycles. The molecule has 1 aliphatic carbocycles. The number of hydrogen-bond donors (Lipinski definition) is 1. The zero-order valence-electron chi connectivity index (χ0n) is 15.0. The predicted molar refractivity (Wildman–Crippen MR) is 94.4 cm³/mol. The van der Waals surface area contributed by atoms with Crippen LogP contribution in [-0.2, 0) is 13.8 Å². The van der Waals surface area contributed by atoms with Gasteiger partial charge in [-0.25, -0.2) is 4.79 Å². The molecule has 3 unspecified atom stereocenters. The summed E-state index contributed by atoms with van der Waals surface area (Å²) in [5.41, 5.74) is 0. The molecule has 1 rings (SSSR count). The average Bonchev–Trinajstić information content (AvgIpc) is 2.94. The van der Waals surface area contributed by atoms with Gasteiger partial charge in [-0.05, 0) is 32.1 Å². The van der Waals surface area contributed by atoms with Crippen molar-refractivity contribution in [3.8, 4) is 0 Å². The molecule has 1 aliphatic rings. The van der Waals surface area contributed by atoms with E-state index in [4.69, 9.17) is 9.26 Å². The Morgan fingerprint density at radius 2 is 1.87 bits per heavy atom. The third kappa shape index (κ3) is 8.21. The summed E-state index contributed by atoms with van der Waals surface area (Å²) in [6.07, 6.45) is 8.51. The number of alkyl carbamates (subject to hydrolysis) is 1. The van der Waals surface area contributed by atoms with Crippen molar-refractivity contribution in [1.82, 2.24) is 5.32 Å². The van der Waals surface area contributed by atoms with Crippen molar-refractivity contribution < 1.29 is 18.6 Å². The van der Waals surface area contributed by atoms with E-state index in [0.29, 0.717) is 18.9 Å². The second kappa shape index (κ2) is 11.1. The molecule has 23 heavy (non-hydrogen) atoms. The van der Waals surface area contributed by atoms with E-state index in [0.717, 1.165) is 51.4 Å². The Kier molecular flexibility index (Phi) is 9.89. The fourth-order valence-corrected chi connectivity index (χ4v) is 4.86. The van der Waals surface area contributed by atoms with Crippen LogP contribution in [0.4, 0.5) is 4.79 Å². The van der Waals surface area contributed by atoms with Crippen LogP contribution in [0.15, 0.2) is 0 Å². The van der Waals surface area contributed by atoms with Gasteiger partial charge in [0.2, 0.25) is 7.37 Å². The zero-order chi connectivity index (χ0) is 17.1.